The van der Waals surface area contributed by atoms with E-state index in [0.29, 0.717) is 22.0 Å². The minimum absolute atomic E-state index is 0.165. The van der Waals surface area contributed by atoms with Gasteiger partial charge >= 0.3 is 0 Å². The summed E-state index contributed by atoms with van der Waals surface area (Å²) in [5.74, 6) is 0.556. The molecule has 3 aromatic rings. The number of aromatic nitrogens is 1. The Hall–Kier alpha value is -1.62. The number of hydrogen-bond donors (Lipinski definition) is 1. The molecule has 0 saturated heterocycles. The third-order valence-electron chi connectivity index (χ3n) is 3.16. The van der Waals surface area contributed by atoms with Crippen molar-refractivity contribution in [3.63, 3.8) is 0 Å². The summed E-state index contributed by atoms with van der Waals surface area (Å²) in [4.78, 5) is 0. The van der Waals surface area contributed by atoms with Gasteiger partial charge in [0.1, 0.15) is 5.69 Å². The van der Waals surface area contributed by atoms with Crippen LogP contribution in [0.1, 0.15) is 5.56 Å². The molecule has 0 aliphatic carbocycles. The predicted molar refractivity (Wildman–Crippen MR) is 86.0 cm³/mol. The van der Waals surface area contributed by atoms with Crippen molar-refractivity contribution < 1.29 is 9.63 Å². The average Bonchev–Trinajstić information content (AvgIpc) is 2.91. The van der Waals surface area contributed by atoms with Crippen molar-refractivity contribution in [3.8, 4) is 22.6 Å². The van der Waals surface area contributed by atoms with E-state index in [-0.39, 0.29) is 6.61 Å². The highest BCUT2D eigenvalue weighted by Gasteiger charge is 2.19. The summed E-state index contributed by atoms with van der Waals surface area (Å²) < 4.78 is 6.35. The number of rotatable bonds is 3. The summed E-state index contributed by atoms with van der Waals surface area (Å²) in [6, 6.07) is 15.0. The van der Waals surface area contributed by atoms with Gasteiger partial charge in [0.15, 0.2) is 5.76 Å². The summed E-state index contributed by atoms with van der Waals surface area (Å²) >= 11 is 9.49. The maximum Gasteiger partial charge on any atom is 0.174 e. The standard InChI is InChI=1S/C16H11BrClNO2/c17-14-7-2-1-6-12(14)16-13(9-20)15(19-21-16)10-4-3-5-11(18)8-10/h1-8,20H,9H2. The largest absolute Gasteiger partial charge is 0.391 e. The van der Waals surface area contributed by atoms with Crippen LogP contribution in [0.3, 0.4) is 0 Å². The van der Waals surface area contributed by atoms with E-state index in [9.17, 15) is 5.11 Å². The molecule has 0 aliphatic rings. The fraction of sp³-hybridized carbons (Fsp3) is 0.0625. The molecule has 0 fully saturated rings. The molecular formula is C16H11BrClNO2. The molecule has 106 valence electrons. The smallest absolute Gasteiger partial charge is 0.174 e. The van der Waals surface area contributed by atoms with Crippen molar-refractivity contribution in [3.05, 3.63) is 63.6 Å². The van der Waals surface area contributed by atoms with Crippen LogP contribution in [0.5, 0.6) is 0 Å². The summed E-state index contributed by atoms with van der Waals surface area (Å²) in [6.45, 7) is -0.165. The van der Waals surface area contributed by atoms with Crippen LogP contribution in [0.2, 0.25) is 5.02 Å². The number of nitrogens with zero attached hydrogens (tertiary/aromatic N) is 1. The van der Waals surface area contributed by atoms with E-state index in [4.69, 9.17) is 16.1 Å². The number of benzene rings is 2. The molecule has 3 nitrogen and oxygen atoms in total. The summed E-state index contributed by atoms with van der Waals surface area (Å²) in [5.41, 5.74) is 2.91. The molecule has 0 bridgehead atoms. The topological polar surface area (TPSA) is 46.3 Å². The first-order valence-corrected chi connectivity index (χ1v) is 7.48. The van der Waals surface area contributed by atoms with E-state index in [2.05, 4.69) is 21.1 Å². The van der Waals surface area contributed by atoms with Crippen molar-refractivity contribution in [2.75, 3.05) is 0 Å². The lowest BCUT2D eigenvalue weighted by molar-refractivity contribution is 0.281. The summed E-state index contributed by atoms with van der Waals surface area (Å²) in [6.07, 6.45) is 0. The Labute approximate surface area is 135 Å². The van der Waals surface area contributed by atoms with Crippen molar-refractivity contribution in [2.45, 2.75) is 6.61 Å². The second-order valence-corrected chi connectivity index (χ2v) is 5.78. The zero-order chi connectivity index (χ0) is 14.8. The van der Waals surface area contributed by atoms with Gasteiger partial charge in [0.25, 0.3) is 0 Å². The first-order valence-electron chi connectivity index (χ1n) is 6.31. The maximum absolute atomic E-state index is 9.72. The highest BCUT2D eigenvalue weighted by atomic mass is 79.9. The van der Waals surface area contributed by atoms with Gasteiger partial charge in [-0.2, -0.15) is 0 Å². The lowest BCUT2D eigenvalue weighted by atomic mass is 10.0. The lowest BCUT2D eigenvalue weighted by Gasteiger charge is -2.03. The molecule has 1 N–H and O–H groups in total. The van der Waals surface area contributed by atoms with Gasteiger partial charge in [-0.25, -0.2) is 0 Å². The van der Waals surface area contributed by atoms with Crippen LogP contribution < -0.4 is 0 Å². The van der Waals surface area contributed by atoms with Crippen LogP contribution in [0.4, 0.5) is 0 Å². The summed E-state index contributed by atoms with van der Waals surface area (Å²) in [7, 11) is 0. The van der Waals surface area contributed by atoms with Gasteiger partial charge in [0.05, 0.1) is 12.2 Å². The van der Waals surface area contributed by atoms with Crippen molar-refractivity contribution in [2.24, 2.45) is 0 Å². The first-order chi connectivity index (χ1) is 10.2. The quantitative estimate of drug-likeness (QED) is 0.718. The zero-order valence-electron chi connectivity index (χ0n) is 10.9. The van der Waals surface area contributed by atoms with E-state index in [0.717, 1.165) is 15.6 Å². The monoisotopic (exact) mass is 363 g/mol. The van der Waals surface area contributed by atoms with E-state index >= 15 is 0 Å². The third kappa shape index (κ3) is 2.75. The first kappa shape index (κ1) is 14.3. The number of hydrogen-bond acceptors (Lipinski definition) is 3. The third-order valence-corrected chi connectivity index (χ3v) is 4.09. The zero-order valence-corrected chi connectivity index (χ0v) is 13.2. The number of aliphatic hydroxyl groups excluding tert-OH is 1. The van der Waals surface area contributed by atoms with E-state index < -0.39 is 0 Å². The van der Waals surface area contributed by atoms with Gasteiger partial charge in [-0.05, 0) is 24.3 Å². The molecule has 0 saturated carbocycles. The van der Waals surface area contributed by atoms with Crippen molar-refractivity contribution in [1.82, 2.24) is 5.16 Å². The van der Waals surface area contributed by atoms with Crippen LogP contribution in [0.15, 0.2) is 57.5 Å². The number of aliphatic hydroxyl groups is 1. The van der Waals surface area contributed by atoms with Crippen LogP contribution in [-0.2, 0) is 6.61 Å². The van der Waals surface area contributed by atoms with Gasteiger partial charge in [0.2, 0.25) is 0 Å². The van der Waals surface area contributed by atoms with E-state index in [1.54, 1.807) is 12.1 Å². The highest BCUT2D eigenvalue weighted by molar-refractivity contribution is 9.10. The Balaban J connectivity index is 2.16. The van der Waals surface area contributed by atoms with Gasteiger partial charge in [-0.15, -0.1) is 0 Å². The van der Waals surface area contributed by atoms with Crippen LogP contribution >= 0.6 is 27.5 Å². The molecule has 1 aromatic heterocycles. The Morgan fingerprint density at radius 1 is 1.14 bits per heavy atom. The molecule has 3 rings (SSSR count). The highest BCUT2D eigenvalue weighted by Crippen LogP contribution is 2.36. The van der Waals surface area contributed by atoms with Gasteiger partial charge in [0, 0.05) is 20.6 Å². The molecule has 0 unspecified atom stereocenters. The molecule has 1 heterocycles. The molecule has 5 heteroatoms. The Kier molecular flexibility index (Phi) is 4.10. The SMILES string of the molecule is OCc1c(-c2cccc(Cl)c2)noc1-c1ccccc1Br. The predicted octanol–water partition coefficient (Wildman–Crippen LogP) is 4.92. The van der Waals surface area contributed by atoms with Crippen LogP contribution in [0.25, 0.3) is 22.6 Å². The second-order valence-electron chi connectivity index (χ2n) is 4.49. The van der Waals surface area contributed by atoms with Crippen LogP contribution in [0, 0.1) is 0 Å². The molecule has 0 spiro atoms. The molecule has 0 aliphatic heterocycles. The van der Waals surface area contributed by atoms with E-state index in [1.165, 1.54) is 0 Å². The van der Waals surface area contributed by atoms with Crippen LogP contribution in [-0.4, -0.2) is 10.3 Å². The lowest BCUT2D eigenvalue weighted by Crippen LogP contribution is -1.89. The molecule has 0 amide bonds. The Bertz CT molecular complexity index is 785. The summed E-state index contributed by atoms with van der Waals surface area (Å²) in [5, 5.41) is 14.4. The van der Waals surface area contributed by atoms with Gasteiger partial charge < -0.3 is 9.63 Å². The normalized spacial score (nSPS) is 10.8. The molecular weight excluding hydrogens is 354 g/mol. The van der Waals surface area contributed by atoms with Gasteiger partial charge in [-0.1, -0.05) is 57.0 Å². The van der Waals surface area contributed by atoms with Crippen molar-refractivity contribution in [1.29, 1.82) is 0 Å². The fourth-order valence-corrected chi connectivity index (χ4v) is 2.83. The van der Waals surface area contributed by atoms with Crippen molar-refractivity contribution >= 4 is 27.5 Å². The molecule has 21 heavy (non-hydrogen) atoms. The Morgan fingerprint density at radius 2 is 1.95 bits per heavy atom. The van der Waals surface area contributed by atoms with Gasteiger partial charge in [-0.3, -0.25) is 0 Å². The fourth-order valence-electron chi connectivity index (χ4n) is 2.18. The Morgan fingerprint density at radius 3 is 2.67 bits per heavy atom. The number of halogens is 2. The average molecular weight is 365 g/mol. The van der Waals surface area contributed by atoms with E-state index in [1.807, 2.05) is 36.4 Å². The minimum Gasteiger partial charge on any atom is -0.391 e. The maximum atomic E-state index is 9.72. The molecule has 0 atom stereocenters. The second kappa shape index (κ2) is 6.02. The minimum atomic E-state index is -0.165. The molecule has 0 radical (unpaired) electrons. The molecule has 2 aromatic carbocycles.